The lowest BCUT2D eigenvalue weighted by Crippen LogP contribution is -2.36. The molecule has 2 heterocycles. The van der Waals surface area contributed by atoms with Crippen LogP contribution < -0.4 is 0 Å². The summed E-state index contributed by atoms with van der Waals surface area (Å²) in [6, 6.07) is 0. The van der Waals surface area contributed by atoms with Crippen molar-refractivity contribution in [2.75, 3.05) is 13.2 Å². The van der Waals surface area contributed by atoms with E-state index in [-0.39, 0.29) is 23.8 Å². The molecule has 0 aromatic heterocycles. The van der Waals surface area contributed by atoms with Gasteiger partial charge in [0.1, 0.15) is 0 Å². The van der Waals surface area contributed by atoms with Crippen LogP contribution in [0.4, 0.5) is 0 Å². The summed E-state index contributed by atoms with van der Waals surface area (Å²) in [5.41, 5.74) is 0.208. The molecule has 2 saturated heterocycles. The third-order valence-corrected chi connectivity index (χ3v) is 8.89. The highest BCUT2D eigenvalue weighted by molar-refractivity contribution is 4.93. The predicted octanol–water partition coefficient (Wildman–Crippen LogP) is 6.46. The molecule has 0 bridgehead atoms. The van der Waals surface area contributed by atoms with Crippen LogP contribution in [0.2, 0.25) is 0 Å². The zero-order valence-corrected chi connectivity index (χ0v) is 20.0. The molecule has 2 atom stereocenters. The van der Waals surface area contributed by atoms with Gasteiger partial charge in [0.05, 0.1) is 24.4 Å². The molecule has 30 heavy (non-hydrogen) atoms. The van der Waals surface area contributed by atoms with Crippen molar-refractivity contribution in [3.05, 3.63) is 0 Å². The highest BCUT2D eigenvalue weighted by Gasteiger charge is 2.45. The third-order valence-electron chi connectivity index (χ3n) is 8.89. The second-order valence-corrected chi connectivity index (χ2v) is 11.4. The smallest absolute Gasteiger partial charge is 0.158 e. The zero-order chi connectivity index (χ0) is 21.2. The van der Waals surface area contributed by atoms with E-state index in [1.54, 1.807) is 0 Å². The molecule has 4 fully saturated rings. The Balaban J connectivity index is 1.10. The SMILES string of the molecule is CC(C)C1CCC2(CC1)CC[C@@H](OCCO[C@@H]1CCC3(CCC(C(C)C)CC3)O1)O2. The van der Waals surface area contributed by atoms with Gasteiger partial charge >= 0.3 is 0 Å². The predicted molar refractivity (Wildman–Crippen MR) is 119 cm³/mol. The molecule has 4 rings (SSSR count). The summed E-state index contributed by atoms with van der Waals surface area (Å²) in [7, 11) is 0. The van der Waals surface area contributed by atoms with Gasteiger partial charge in [0.2, 0.25) is 0 Å². The van der Waals surface area contributed by atoms with E-state index in [2.05, 4.69) is 27.7 Å². The monoisotopic (exact) mass is 422 g/mol. The molecule has 4 aliphatic rings. The first-order chi connectivity index (χ1) is 14.4. The van der Waals surface area contributed by atoms with Crippen LogP contribution in [-0.2, 0) is 18.9 Å². The van der Waals surface area contributed by atoms with Crippen molar-refractivity contribution in [2.45, 2.75) is 129 Å². The molecule has 0 aromatic rings. The number of hydrogen-bond donors (Lipinski definition) is 0. The van der Waals surface area contributed by atoms with E-state index in [0.717, 1.165) is 49.4 Å². The molecule has 0 radical (unpaired) electrons. The van der Waals surface area contributed by atoms with Crippen LogP contribution in [0.1, 0.15) is 105 Å². The van der Waals surface area contributed by atoms with Crippen molar-refractivity contribution in [3.63, 3.8) is 0 Å². The van der Waals surface area contributed by atoms with Crippen molar-refractivity contribution in [2.24, 2.45) is 23.7 Å². The van der Waals surface area contributed by atoms with Gasteiger partial charge in [0.15, 0.2) is 12.6 Å². The Bertz CT molecular complexity index is 481. The van der Waals surface area contributed by atoms with Gasteiger partial charge < -0.3 is 18.9 Å². The van der Waals surface area contributed by atoms with Crippen LogP contribution >= 0.6 is 0 Å². The molecule has 0 N–H and O–H groups in total. The molecule has 2 spiro atoms. The van der Waals surface area contributed by atoms with Crippen LogP contribution in [0.3, 0.4) is 0 Å². The fourth-order valence-corrected chi connectivity index (χ4v) is 6.55. The van der Waals surface area contributed by atoms with E-state index in [1.165, 1.54) is 51.4 Å². The maximum Gasteiger partial charge on any atom is 0.158 e. The third kappa shape index (κ3) is 5.42. The van der Waals surface area contributed by atoms with Crippen molar-refractivity contribution in [1.29, 1.82) is 0 Å². The molecule has 2 aliphatic carbocycles. The summed E-state index contributed by atoms with van der Waals surface area (Å²) in [5.74, 6) is 3.36. The first kappa shape index (κ1) is 23.0. The van der Waals surface area contributed by atoms with Gasteiger partial charge in [-0.2, -0.15) is 0 Å². The van der Waals surface area contributed by atoms with E-state index < -0.39 is 0 Å². The van der Waals surface area contributed by atoms with Gasteiger partial charge in [-0.1, -0.05) is 27.7 Å². The lowest BCUT2D eigenvalue weighted by molar-refractivity contribution is -0.209. The Morgan fingerprint density at radius 3 is 1.27 bits per heavy atom. The van der Waals surface area contributed by atoms with Crippen molar-refractivity contribution < 1.29 is 18.9 Å². The maximum atomic E-state index is 6.40. The van der Waals surface area contributed by atoms with Gasteiger partial charge in [-0.15, -0.1) is 0 Å². The fraction of sp³-hybridized carbons (Fsp3) is 1.00. The van der Waals surface area contributed by atoms with E-state index in [4.69, 9.17) is 18.9 Å². The largest absolute Gasteiger partial charge is 0.350 e. The molecule has 4 nitrogen and oxygen atoms in total. The normalized spacial score (nSPS) is 42.2. The van der Waals surface area contributed by atoms with Gasteiger partial charge in [0.25, 0.3) is 0 Å². The lowest BCUT2D eigenvalue weighted by atomic mass is 9.74. The quantitative estimate of drug-likeness (QED) is 0.441. The molecule has 4 heteroatoms. The Morgan fingerprint density at radius 1 is 0.600 bits per heavy atom. The highest BCUT2D eigenvalue weighted by Crippen LogP contribution is 2.46. The molecule has 2 saturated carbocycles. The van der Waals surface area contributed by atoms with Crippen LogP contribution in [0.15, 0.2) is 0 Å². The first-order valence-electron chi connectivity index (χ1n) is 13.0. The molecule has 0 aromatic carbocycles. The van der Waals surface area contributed by atoms with Gasteiger partial charge in [-0.3, -0.25) is 0 Å². The summed E-state index contributed by atoms with van der Waals surface area (Å²) in [4.78, 5) is 0. The average molecular weight is 423 g/mol. The Kier molecular flexibility index (Phi) is 7.49. The zero-order valence-electron chi connectivity index (χ0n) is 20.0. The van der Waals surface area contributed by atoms with Crippen molar-refractivity contribution in [1.82, 2.24) is 0 Å². The molecule has 0 unspecified atom stereocenters. The average Bonchev–Trinajstić information content (AvgIpc) is 3.30. The van der Waals surface area contributed by atoms with E-state index in [0.29, 0.717) is 13.2 Å². The van der Waals surface area contributed by atoms with Crippen LogP contribution in [-0.4, -0.2) is 37.0 Å². The minimum Gasteiger partial charge on any atom is -0.350 e. The highest BCUT2D eigenvalue weighted by atomic mass is 16.7. The standard InChI is InChI=1S/C26H46O4/c1-19(2)21-5-11-25(12-6-21)15-9-23(29-25)27-17-18-28-24-10-16-26(30-24)13-7-22(8-14-26)20(3)4/h19-24H,5-18H2,1-4H3/t21?,22?,23-,24-,25?,26?/m0/s1. The van der Waals surface area contributed by atoms with Crippen LogP contribution in [0.5, 0.6) is 0 Å². The summed E-state index contributed by atoms with van der Waals surface area (Å²) < 4.78 is 24.9. The maximum absolute atomic E-state index is 6.40. The first-order valence-corrected chi connectivity index (χ1v) is 13.0. The molecule has 2 aliphatic heterocycles. The lowest BCUT2D eigenvalue weighted by Gasteiger charge is -2.38. The second kappa shape index (κ2) is 9.77. The minimum absolute atomic E-state index is 0.0358. The van der Waals surface area contributed by atoms with Gasteiger partial charge in [-0.25, -0.2) is 0 Å². The molecular weight excluding hydrogens is 376 g/mol. The molecular formula is C26H46O4. The van der Waals surface area contributed by atoms with Crippen molar-refractivity contribution in [3.8, 4) is 0 Å². The summed E-state index contributed by atoms with van der Waals surface area (Å²) in [5, 5.41) is 0. The Morgan fingerprint density at radius 2 is 0.933 bits per heavy atom. The van der Waals surface area contributed by atoms with Gasteiger partial charge in [-0.05, 0) is 87.9 Å². The molecule has 174 valence electrons. The minimum atomic E-state index is -0.0358. The van der Waals surface area contributed by atoms with Gasteiger partial charge in [0, 0.05) is 12.8 Å². The summed E-state index contributed by atoms with van der Waals surface area (Å²) >= 11 is 0. The Hall–Kier alpha value is -0.160. The fourth-order valence-electron chi connectivity index (χ4n) is 6.55. The number of rotatable bonds is 7. The van der Waals surface area contributed by atoms with E-state index in [9.17, 15) is 0 Å². The summed E-state index contributed by atoms with van der Waals surface area (Å²) in [6.07, 6.45) is 14.4. The topological polar surface area (TPSA) is 36.9 Å². The summed E-state index contributed by atoms with van der Waals surface area (Å²) in [6.45, 7) is 10.6. The van der Waals surface area contributed by atoms with Crippen LogP contribution in [0, 0.1) is 23.7 Å². The van der Waals surface area contributed by atoms with Crippen LogP contribution in [0.25, 0.3) is 0 Å². The second-order valence-electron chi connectivity index (χ2n) is 11.4. The van der Waals surface area contributed by atoms with Crippen molar-refractivity contribution >= 4 is 0 Å². The number of hydrogen-bond acceptors (Lipinski definition) is 4. The van der Waals surface area contributed by atoms with E-state index >= 15 is 0 Å². The Labute approximate surface area is 184 Å². The molecule has 0 amide bonds. The van der Waals surface area contributed by atoms with E-state index in [1.807, 2.05) is 0 Å². The number of ether oxygens (including phenoxy) is 4.